The normalized spacial score (nSPS) is 20.3. The van der Waals surface area contributed by atoms with Crippen LogP contribution in [0.15, 0.2) is 0 Å². The molecule has 0 saturated carbocycles. The number of hydrogen-bond acceptors (Lipinski definition) is 4. The second-order valence-electron chi connectivity index (χ2n) is 7.20. The Morgan fingerprint density at radius 1 is 0.875 bits per heavy atom. The van der Waals surface area contributed by atoms with Crippen molar-refractivity contribution < 1.29 is 9.59 Å². The third kappa shape index (κ3) is 4.28. The van der Waals surface area contributed by atoms with E-state index < -0.39 is 5.41 Å². The molecule has 2 fully saturated rings. The zero-order valence-corrected chi connectivity index (χ0v) is 15.4. The molecule has 2 N–H and O–H groups in total. The summed E-state index contributed by atoms with van der Waals surface area (Å²) in [5.74, 6) is 0.435. The van der Waals surface area contributed by atoms with Crippen molar-refractivity contribution in [2.45, 2.75) is 46.0 Å². The van der Waals surface area contributed by atoms with Gasteiger partial charge in [-0.25, -0.2) is 0 Å². The van der Waals surface area contributed by atoms with Crippen molar-refractivity contribution in [3.8, 4) is 0 Å². The van der Waals surface area contributed by atoms with Gasteiger partial charge in [0.1, 0.15) is 0 Å². The van der Waals surface area contributed by atoms with Gasteiger partial charge in [0, 0.05) is 45.8 Å². The van der Waals surface area contributed by atoms with Crippen LogP contribution in [0.5, 0.6) is 0 Å². The minimum atomic E-state index is -0.411. The van der Waals surface area contributed by atoms with Gasteiger partial charge in [-0.05, 0) is 32.1 Å². The Balaban J connectivity index is 1.82. The number of nitrogens with zero attached hydrogens (tertiary/aromatic N) is 3. The highest BCUT2D eigenvalue weighted by molar-refractivity contribution is 5.83. The third-order valence-corrected chi connectivity index (χ3v) is 5.93. The molecule has 2 aliphatic rings. The van der Waals surface area contributed by atoms with Gasteiger partial charge < -0.3 is 15.5 Å². The Morgan fingerprint density at radius 2 is 1.46 bits per heavy atom. The molecule has 138 valence electrons. The van der Waals surface area contributed by atoms with Crippen molar-refractivity contribution >= 4 is 11.8 Å². The average Bonchev–Trinajstić information content (AvgIpc) is 2.65. The highest BCUT2D eigenvalue weighted by atomic mass is 16.2. The van der Waals surface area contributed by atoms with E-state index in [9.17, 15) is 9.59 Å². The second-order valence-corrected chi connectivity index (χ2v) is 7.20. The molecule has 0 bridgehead atoms. The fourth-order valence-corrected chi connectivity index (χ4v) is 3.81. The summed E-state index contributed by atoms with van der Waals surface area (Å²) in [4.78, 5) is 31.3. The average molecular weight is 338 g/mol. The predicted molar refractivity (Wildman–Crippen MR) is 95.5 cm³/mol. The number of piperazine rings is 1. The number of piperidine rings is 1. The number of likely N-dealkylation sites (tertiary alicyclic amines) is 1. The maximum absolute atomic E-state index is 12.8. The number of carbonyl (C=O) groups excluding carboxylic acids is 2. The lowest BCUT2D eigenvalue weighted by molar-refractivity contribution is -0.144. The maximum Gasteiger partial charge on any atom is 0.236 e. The van der Waals surface area contributed by atoms with Crippen molar-refractivity contribution in [1.29, 1.82) is 0 Å². The van der Waals surface area contributed by atoms with Crippen LogP contribution in [-0.4, -0.2) is 78.9 Å². The van der Waals surface area contributed by atoms with E-state index in [-0.39, 0.29) is 11.8 Å². The minimum absolute atomic E-state index is 0.192. The summed E-state index contributed by atoms with van der Waals surface area (Å²) in [5.41, 5.74) is 5.49. The van der Waals surface area contributed by atoms with Crippen LogP contribution in [0, 0.1) is 5.41 Å². The van der Waals surface area contributed by atoms with Gasteiger partial charge >= 0.3 is 0 Å². The van der Waals surface area contributed by atoms with Crippen LogP contribution in [0.25, 0.3) is 0 Å². The predicted octanol–water partition coefficient (Wildman–Crippen LogP) is 0.908. The molecule has 0 aromatic carbocycles. The molecule has 2 heterocycles. The lowest BCUT2D eigenvalue weighted by atomic mass is 9.81. The molecule has 0 radical (unpaired) electrons. The lowest BCUT2D eigenvalue weighted by Gasteiger charge is -2.40. The van der Waals surface area contributed by atoms with Crippen molar-refractivity contribution in [1.82, 2.24) is 14.7 Å². The van der Waals surface area contributed by atoms with Gasteiger partial charge in [-0.2, -0.15) is 0 Å². The molecule has 2 aliphatic heterocycles. The van der Waals surface area contributed by atoms with Crippen molar-refractivity contribution in [3.63, 3.8) is 0 Å². The van der Waals surface area contributed by atoms with Crippen LogP contribution >= 0.6 is 0 Å². The first kappa shape index (κ1) is 19.2. The number of nitrogens with two attached hydrogens (primary N) is 1. The van der Waals surface area contributed by atoms with E-state index in [1.165, 1.54) is 6.42 Å². The quantitative estimate of drug-likeness (QED) is 0.781. The molecular formula is C18H34N4O2. The summed E-state index contributed by atoms with van der Waals surface area (Å²) >= 11 is 0. The first-order valence-electron chi connectivity index (χ1n) is 9.56. The van der Waals surface area contributed by atoms with Crippen LogP contribution in [0.2, 0.25) is 0 Å². The smallest absolute Gasteiger partial charge is 0.236 e. The minimum Gasteiger partial charge on any atom is -0.342 e. The largest absolute Gasteiger partial charge is 0.342 e. The van der Waals surface area contributed by atoms with Crippen LogP contribution < -0.4 is 5.73 Å². The van der Waals surface area contributed by atoms with E-state index in [1.54, 1.807) is 0 Å². The molecule has 0 aliphatic carbocycles. The number of amides is 2. The van der Waals surface area contributed by atoms with Gasteiger partial charge in [0.05, 0.1) is 12.0 Å². The van der Waals surface area contributed by atoms with Crippen LogP contribution in [0.3, 0.4) is 0 Å². The molecule has 2 saturated heterocycles. The molecule has 0 atom stereocenters. The molecule has 0 aromatic rings. The molecule has 2 rings (SSSR count). The van der Waals surface area contributed by atoms with Crippen molar-refractivity contribution in [2.75, 3.05) is 52.4 Å². The monoisotopic (exact) mass is 338 g/mol. The van der Waals surface area contributed by atoms with Gasteiger partial charge in [-0.3, -0.25) is 14.5 Å². The summed E-state index contributed by atoms with van der Waals surface area (Å²) in [5, 5.41) is 0. The van der Waals surface area contributed by atoms with E-state index in [1.807, 2.05) is 23.6 Å². The first-order chi connectivity index (χ1) is 11.6. The molecule has 0 unspecified atom stereocenters. The lowest BCUT2D eigenvalue weighted by Crippen LogP contribution is -2.56. The summed E-state index contributed by atoms with van der Waals surface area (Å²) in [7, 11) is 0. The zero-order chi connectivity index (χ0) is 17.6. The molecular weight excluding hydrogens is 304 g/mol. The number of carbonyl (C=O) groups is 2. The van der Waals surface area contributed by atoms with E-state index in [0.29, 0.717) is 26.2 Å². The number of hydrogen-bond donors (Lipinski definition) is 1. The Labute approximate surface area is 146 Å². The summed E-state index contributed by atoms with van der Waals surface area (Å²) in [6.07, 6.45) is 5.06. The summed E-state index contributed by atoms with van der Waals surface area (Å²) in [6.45, 7) is 9.76. The fraction of sp³-hybridized carbons (Fsp3) is 0.889. The maximum atomic E-state index is 12.8. The van der Waals surface area contributed by atoms with Gasteiger partial charge in [0.15, 0.2) is 0 Å². The third-order valence-electron chi connectivity index (χ3n) is 5.93. The van der Waals surface area contributed by atoms with Crippen molar-refractivity contribution in [2.24, 2.45) is 11.1 Å². The van der Waals surface area contributed by atoms with E-state index in [2.05, 4.69) is 4.90 Å². The van der Waals surface area contributed by atoms with Crippen LogP contribution in [-0.2, 0) is 9.59 Å². The van der Waals surface area contributed by atoms with E-state index >= 15 is 0 Å². The number of rotatable bonds is 6. The molecule has 24 heavy (non-hydrogen) atoms. The molecule has 6 heteroatoms. The zero-order valence-electron chi connectivity index (χ0n) is 15.4. The standard InChI is InChI=1S/C18H34N4O2/c1-3-18(4-2,15-19)17(24)22-12-10-20(11-13-22)14-16(23)21-8-6-5-7-9-21/h3-15,19H2,1-2H3. The Hall–Kier alpha value is -1.14. The van der Waals surface area contributed by atoms with Gasteiger partial charge in [-0.15, -0.1) is 0 Å². The highest BCUT2D eigenvalue weighted by Crippen LogP contribution is 2.28. The Morgan fingerprint density at radius 3 is 1.96 bits per heavy atom. The first-order valence-corrected chi connectivity index (χ1v) is 9.56. The SMILES string of the molecule is CCC(CC)(CN)C(=O)N1CCN(CC(=O)N2CCCCC2)CC1. The second kappa shape index (κ2) is 8.81. The fourth-order valence-electron chi connectivity index (χ4n) is 3.81. The summed E-state index contributed by atoms with van der Waals surface area (Å²) < 4.78 is 0. The van der Waals surface area contributed by atoms with Gasteiger partial charge in [-0.1, -0.05) is 13.8 Å². The van der Waals surface area contributed by atoms with Crippen molar-refractivity contribution in [3.05, 3.63) is 0 Å². The topological polar surface area (TPSA) is 69.9 Å². The van der Waals surface area contributed by atoms with E-state index in [4.69, 9.17) is 5.73 Å². The molecule has 0 spiro atoms. The van der Waals surface area contributed by atoms with E-state index in [0.717, 1.165) is 51.9 Å². The molecule has 2 amide bonds. The molecule has 6 nitrogen and oxygen atoms in total. The van der Waals surface area contributed by atoms with Gasteiger partial charge in [0.2, 0.25) is 11.8 Å². The Bertz CT molecular complexity index is 414. The van der Waals surface area contributed by atoms with Gasteiger partial charge in [0.25, 0.3) is 0 Å². The van der Waals surface area contributed by atoms with Crippen LogP contribution in [0.4, 0.5) is 0 Å². The molecule has 0 aromatic heterocycles. The Kier molecular flexibility index (Phi) is 7.04. The summed E-state index contributed by atoms with van der Waals surface area (Å²) in [6, 6.07) is 0. The van der Waals surface area contributed by atoms with Crippen LogP contribution in [0.1, 0.15) is 46.0 Å². The highest BCUT2D eigenvalue weighted by Gasteiger charge is 2.38.